The van der Waals surface area contributed by atoms with Crippen molar-refractivity contribution in [1.82, 2.24) is 15.0 Å². The first-order chi connectivity index (χ1) is 17.2. The van der Waals surface area contributed by atoms with Gasteiger partial charge in [-0.2, -0.15) is 5.26 Å². The van der Waals surface area contributed by atoms with E-state index in [1.807, 2.05) is 67.0 Å². The number of fused-ring (bicyclic) bond motifs is 3. The van der Waals surface area contributed by atoms with Gasteiger partial charge in [-0.1, -0.05) is 58.4 Å². The fraction of sp³-hybridized carbons (Fsp3) is 0.0345. The average Bonchev–Trinajstić information content (AvgIpc) is 2.93. The summed E-state index contributed by atoms with van der Waals surface area (Å²) in [4.78, 5) is 12.1. The number of halogens is 1. The van der Waals surface area contributed by atoms with Crippen molar-refractivity contribution in [3.8, 4) is 6.07 Å². The van der Waals surface area contributed by atoms with E-state index in [0.29, 0.717) is 12.1 Å². The predicted molar refractivity (Wildman–Crippen MR) is 146 cm³/mol. The van der Waals surface area contributed by atoms with Gasteiger partial charge in [0.15, 0.2) is 0 Å². The van der Waals surface area contributed by atoms with Crippen LogP contribution in [0.5, 0.6) is 0 Å². The van der Waals surface area contributed by atoms with Crippen molar-refractivity contribution in [3.63, 3.8) is 0 Å². The minimum Gasteiger partial charge on any atom is -0.326 e. The van der Waals surface area contributed by atoms with Crippen LogP contribution in [0.1, 0.15) is 11.1 Å². The van der Waals surface area contributed by atoms with E-state index in [1.54, 1.807) is 30.9 Å². The third-order valence-electron chi connectivity index (χ3n) is 5.43. The highest BCUT2D eigenvalue weighted by molar-refractivity contribution is 9.10. The molecule has 6 aromatic rings. The van der Waals surface area contributed by atoms with E-state index in [9.17, 15) is 0 Å². The van der Waals surface area contributed by atoms with Gasteiger partial charge in [0.05, 0.1) is 11.6 Å². The molecular weight excluding hydrogens is 498 g/mol. The summed E-state index contributed by atoms with van der Waals surface area (Å²) in [5.74, 6) is 0. The Hall–Kier alpha value is -4.18. The van der Waals surface area contributed by atoms with Crippen LogP contribution in [0.3, 0.4) is 0 Å². The Kier molecular flexibility index (Phi) is 8.08. The molecule has 0 spiro atoms. The number of nitriles is 1. The number of nitrogens with zero attached hydrogens (tertiary/aromatic N) is 4. The first-order valence-electron chi connectivity index (χ1n) is 10.9. The quantitative estimate of drug-likeness (QED) is 0.258. The molecule has 6 heteroatoms. The number of rotatable bonds is 1. The minimum atomic E-state index is 0.572. The van der Waals surface area contributed by atoms with E-state index < -0.39 is 0 Å². The van der Waals surface area contributed by atoms with Gasteiger partial charge in [0, 0.05) is 64.4 Å². The number of hydrogen-bond donors (Lipinski definition) is 1. The molecule has 0 radical (unpaired) electrons. The van der Waals surface area contributed by atoms with E-state index in [0.717, 1.165) is 31.6 Å². The summed E-state index contributed by atoms with van der Waals surface area (Å²) in [6, 6.07) is 25.9. The maximum absolute atomic E-state index is 8.76. The van der Waals surface area contributed by atoms with Crippen molar-refractivity contribution in [2.24, 2.45) is 5.73 Å². The van der Waals surface area contributed by atoms with E-state index in [1.165, 1.54) is 10.8 Å². The molecule has 0 aliphatic rings. The topological polar surface area (TPSA) is 88.5 Å². The largest absolute Gasteiger partial charge is 0.326 e. The second kappa shape index (κ2) is 11.8. The third-order valence-corrected chi connectivity index (χ3v) is 6.12. The number of hydrogen-bond acceptors (Lipinski definition) is 5. The number of nitrogens with two attached hydrogens (primary N) is 1. The number of aromatic nitrogens is 3. The van der Waals surface area contributed by atoms with Crippen molar-refractivity contribution in [1.29, 1.82) is 5.26 Å². The molecule has 170 valence electrons. The van der Waals surface area contributed by atoms with Gasteiger partial charge in [-0.05, 0) is 52.1 Å². The van der Waals surface area contributed by atoms with Crippen LogP contribution in [0.25, 0.3) is 32.3 Å². The summed E-state index contributed by atoms with van der Waals surface area (Å²) in [7, 11) is 0. The van der Waals surface area contributed by atoms with Crippen LogP contribution in [0.4, 0.5) is 0 Å². The molecule has 3 aromatic heterocycles. The standard InChI is InChI=1S/C10H10N2.C10H6N2.C9H6BrN/c2*11-6-9-3-1-2-8-4-5-12-7-10(8)9;10-9-3-1-2-7-4-5-11-6-8(7)9/h1-5,7H,6,11H2;1-5,7H;1-6H. The van der Waals surface area contributed by atoms with Crippen LogP contribution in [0.2, 0.25) is 0 Å². The Bertz CT molecular complexity index is 1610. The second-order valence-electron chi connectivity index (χ2n) is 7.57. The SMILES string of the molecule is Brc1cccc2ccncc12.N#Cc1cccc2ccncc12.NCc1cccc2ccncc12. The lowest BCUT2D eigenvalue weighted by atomic mass is 10.1. The lowest BCUT2D eigenvalue weighted by molar-refractivity contribution is 1.08. The van der Waals surface area contributed by atoms with E-state index in [4.69, 9.17) is 11.0 Å². The summed E-state index contributed by atoms with van der Waals surface area (Å²) in [5, 5.41) is 15.5. The smallest absolute Gasteiger partial charge is 0.0998 e. The molecule has 0 amide bonds. The van der Waals surface area contributed by atoms with Crippen LogP contribution in [0.15, 0.2) is 114 Å². The first-order valence-corrected chi connectivity index (χ1v) is 11.7. The highest BCUT2D eigenvalue weighted by atomic mass is 79.9. The highest BCUT2D eigenvalue weighted by Gasteiger charge is 1.98. The molecule has 2 N–H and O–H groups in total. The second-order valence-corrected chi connectivity index (χ2v) is 8.42. The van der Waals surface area contributed by atoms with Crippen molar-refractivity contribution >= 4 is 48.2 Å². The van der Waals surface area contributed by atoms with E-state index in [2.05, 4.69) is 49.1 Å². The average molecular weight is 520 g/mol. The molecule has 0 saturated heterocycles. The summed E-state index contributed by atoms with van der Waals surface area (Å²) in [5.41, 5.74) is 7.42. The molecule has 0 aliphatic heterocycles. The van der Waals surface area contributed by atoms with Crippen molar-refractivity contribution in [2.75, 3.05) is 0 Å². The van der Waals surface area contributed by atoms with E-state index >= 15 is 0 Å². The molecule has 0 bridgehead atoms. The van der Waals surface area contributed by atoms with Gasteiger partial charge in [-0.25, -0.2) is 0 Å². The van der Waals surface area contributed by atoms with Crippen LogP contribution >= 0.6 is 15.9 Å². The van der Waals surface area contributed by atoms with E-state index in [-0.39, 0.29) is 0 Å². The van der Waals surface area contributed by atoms with Crippen molar-refractivity contribution < 1.29 is 0 Å². The van der Waals surface area contributed by atoms with Crippen LogP contribution < -0.4 is 5.73 Å². The molecule has 3 heterocycles. The Morgan fingerprint density at radius 2 is 1.17 bits per heavy atom. The molecule has 0 unspecified atom stereocenters. The maximum Gasteiger partial charge on any atom is 0.0998 e. The predicted octanol–water partition coefficient (Wildman–Crippen LogP) is 6.80. The molecule has 6 rings (SSSR count). The summed E-state index contributed by atoms with van der Waals surface area (Å²) in [6.07, 6.45) is 10.8. The summed E-state index contributed by atoms with van der Waals surface area (Å²) < 4.78 is 1.10. The molecule has 3 aromatic carbocycles. The molecule has 5 nitrogen and oxygen atoms in total. The van der Waals surface area contributed by atoms with Gasteiger partial charge in [-0.15, -0.1) is 0 Å². The van der Waals surface area contributed by atoms with Crippen LogP contribution in [-0.4, -0.2) is 15.0 Å². The van der Waals surface area contributed by atoms with Gasteiger partial charge >= 0.3 is 0 Å². The normalized spacial score (nSPS) is 10.1. The van der Waals surface area contributed by atoms with Gasteiger partial charge < -0.3 is 5.73 Å². The monoisotopic (exact) mass is 519 g/mol. The van der Waals surface area contributed by atoms with Gasteiger partial charge in [0.2, 0.25) is 0 Å². The molecule has 0 aliphatic carbocycles. The molecule has 0 saturated carbocycles. The summed E-state index contributed by atoms with van der Waals surface area (Å²) in [6.45, 7) is 0.572. The van der Waals surface area contributed by atoms with Gasteiger partial charge in [0.25, 0.3) is 0 Å². The lowest BCUT2D eigenvalue weighted by Crippen LogP contribution is -1.96. The highest BCUT2D eigenvalue weighted by Crippen LogP contribution is 2.22. The maximum atomic E-state index is 8.76. The minimum absolute atomic E-state index is 0.572. The fourth-order valence-electron chi connectivity index (χ4n) is 3.64. The van der Waals surface area contributed by atoms with Crippen molar-refractivity contribution in [3.05, 3.63) is 126 Å². The third kappa shape index (κ3) is 5.85. The molecule has 0 fully saturated rings. The molecular formula is C29H22BrN5. The Balaban J connectivity index is 0.000000124. The Labute approximate surface area is 212 Å². The van der Waals surface area contributed by atoms with Crippen LogP contribution in [0, 0.1) is 11.3 Å². The zero-order valence-electron chi connectivity index (χ0n) is 18.8. The van der Waals surface area contributed by atoms with Gasteiger partial charge in [0.1, 0.15) is 0 Å². The van der Waals surface area contributed by atoms with Gasteiger partial charge in [-0.3, -0.25) is 15.0 Å². The zero-order valence-corrected chi connectivity index (χ0v) is 20.4. The first kappa shape index (κ1) is 24.0. The van der Waals surface area contributed by atoms with Crippen molar-refractivity contribution in [2.45, 2.75) is 6.54 Å². The van der Waals surface area contributed by atoms with Crippen LogP contribution in [-0.2, 0) is 6.54 Å². The Morgan fingerprint density at radius 1 is 0.657 bits per heavy atom. The zero-order chi connectivity index (χ0) is 24.5. The fourth-order valence-corrected chi connectivity index (χ4v) is 4.13. The lowest BCUT2D eigenvalue weighted by Gasteiger charge is -2.01. The molecule has 35 heavy (non-hydrogen) atoms. The Morgan fingerprint density at radius 3 is 1.77 bits per heavy atom. The molecule has 0 atom stereocenters. The number of pyridine rings is 3. The summed E-state index contributed by atoms with van der Waals surface area (Å²) >= 11 is 3.46. The number of benzene rings is 3.